The van der Waals surface area contributed by atoms with E-state index in [0.29, 0.717) is 12.1 Å². The lowest BCUT2D eigenvalue weighted by atomic mass is 10.2. The molecule has 2 N–H and O–H groups in total. The number of guanidine groups is 1. The first-order chi connectivity index (χ1) is 13.1. The van der Waals surface area contributed by atoms with Crippen molar-refractivity contribution < 1.29 is 0 Å². The monoisotopic (exact) mass is 385 g/mol. The number of benzene rings is 1. The van der Waals surface area contributed by atoms with Crippen LogP contribution in [0.3, 0.4) is 0 Å². The van der Waals surface area contributed by atoms with Crippen LogP contribution in [0.25, 0.3) is 0 Å². The third-order valence-corrected chi connectivity index (χ3v) is 6.05. The lowest BCUT2D eigenvalue weighted by molar-refractivity contribution is 0.258. The van der Waals surface area contributed by atoms with Gasteiger partial charge >= 0.3 is 0 Å². The van der Waals surface area contributed by atoms with Crippen molar-refractivity contribution in [3.05, 3.63) is 52.0 Å². The molecule has 27 heavy (non-hydrogen) atoms. The molecule has 3 rings (SSSR count). The quantitative estimate of drug-likeness (QED) is 0.437. The fourth-order valence-corrected chi connectivity index (χ4v) is 4.41. The van der Waals surface area contributed by atoms with Crippen molar-refractivity contribution >= 4 is 17.3 Å². The molecule has 2 heterocycles. The summed E-state index contributed by atoms with van der Waals surface area (Å²) in [6.07, 6.45) is 3.23. The fourth-order valence-electron chi connectivity index (χ4n) is 3.59. The summed E-state index contributed by atoms with van der Waals surface area (Å²) in [5, 5.41) is 10.4. The topological polar surface area (TPSA) is 52.6 Å². The summed E-state index contributed by atoms with van der Waals surface area (Å²) >= 11 is 1.75. The second-order valence-electron chi connectivity index (χ2n) is 7.33. The van der Waals surface area contributed by atoms with E-state index in [1.807, 2.05) is 14.0 Å². The minimum Gasteiger partial charge on any atom is -0.356 e. The molecule has 0 amide bonds. The van der Waals surface area contributed by atoms with Crippen LogP contribution in [0.15, 0.2) is 40.7 Å². The lowest BCUT2D eigenvalue weighted by Gasteiger charge is -2.21. The summed E-state index contributed by atoms with van der Waals surface area (Å²) in [5.74, 6) is 0.907. The van der Waals surface area contributed by atoms with E-state index in [-0.39, 0.29) is 0 Å². The normalized spacial score (nSPS) is 20.8. The Labute approximate surface area is 166 Å². The van der Waals surface area contributed by atoms with Gasteiger partial charge in [-0.25, -0.2) is 4.98 Å². The second-order valence-corrected chi connectivity index (χ2v) is 8.27. The molecule has 1 fully saturated rings. The van der Waals surface area contributed by atoms with E-state index in [2.05, 4.69) is 68.1 Å². The van der Waals surface area contributed by atoms with Gasteiger partial charge in [-0.15, -0.1) is 11.3 Å². The van der Waals surface area contributed by atoms with E-state index in [4.69, 9.17) is 0 Å². The highest BCUT2D eigenvalue weighted by Gasteiger charge is 2.29. The maximum absolute atomic E-state index is 4.52. The smallest absolute Gasteiger partial charge is 0.191 e. The Morgan fingerprint density at radius 3 is 2.85 bits per heavy atom. The summed E-state index contributed by atoms with van der Waals surface area (Å²) in [6, 6.07) is 11.7. The largest absolute Gasteiger partial charge is 0.356 e. The first kappa shape index (κ1) is 19.8. The van der Waals surface area contributed by atoms with E-state index in [1.165, 1.54) is 10.6 Å². The molecule has 0 aliphatic carbocycles. The number of aryl methyl sites for hydroxylation is 2. The molecule has 2 atom stereocenters. The number of hydrogen-bond acceptors (Lipinski definition) is 4. The van der Waals surface area contributed by atoms with Gasteiger partial charge in [-0.05, 0) is 32.3 Å². The predicted molar refractivity (Wildman–Crippen MR) is 114 cm³/mol. The molecule has 1 aliphatic heterocycles. The SMILES string of the molecule is CN=C(NCCCc1nc(C)cs1)NC1CC(C)N(Cc2ccccc2)C1. The highest BCUT2D eigenvalue weighted by atomic mass is 32.1. The van der Waals surface area contributed by atoms with Crippen molar-refractivity contribution in [2.75, 3.05) is 20.1 Å². The molecule has 1 aromatic carbocycles. The van der Waals surface area contributed by atoms with Gasteiger partial charge in [0.25, 0.3) is 0 Å². The van der Waals surface area contributed by atoms with Gasteiger partial charge in [-0.1, -0.05) is 30.3 Å². The van der Waals surface area contributed by atoms with Crippen LogP contribution in [-0.2, 0) is 13.0 Å². The van der Waals surface area contributed by atoms with Gasteiger partial charge in [0.15, 0.2) is 5.96 Å². The number of likely N-dealkylation sites (tertiary alicyclic amines) is 1. The predicted octanol–water partition coefficient (Wildman–Crippen LogP) is 3.21. The van der Waals surface area contributed by atoms with Crippen LogP contribution in [0, 0.1) is 6.92 Å². The van der Waals surface area contributed by atoms with Gasteiger partial charge in [0.1, 0.15) is 0 Å². The number of nitrogens with zero attached hydrogens (tertiary/aromatic N) is 3. The van der Waals surface area contributed by atoms with Gasteiger partial charge in [0, 0.05) is 56.3 Å². The minimum absolute atomic E-state index is 0.441. The van der Waals surface area contributed by atoms with E-state index >= 15 is 0 Å². The summed E-state index contributed by atoms with van der Waals surface area (Å²) in [4.78, 5) is 11.5. The molecule has 2 unspecified atom stereocenters. The summed E-state index contributed by atoms with van der Waals surface area (Å²) in [7, 11) is 1.85. The number of aliphatic imine (C=N–C) groups is 1. The molecular formula is C21H31N5S. The van der Waals surface area contributed by atoms with Crippen molar-refractivity contribution in [2.24, 2.45) is 4.99 Å². The van der Waals surface area contributed by atoms with Crippen LogP contribution in [0.1, 0.15) is 36.0 Å². The number of nitrogens with one attached hydrogen (secondary N) is 2. The van der Waals surface area contributed by atoms with Gasteiger partial charge in [0.2, 0.25) is 0 Å². The highest BCUT2D eigenvalue weighted by Crippen LogP contribution is 2.20. The van der Waals surface area contributed by atoms with Crippen molar-refractivity contribution in [3.8, 4) is 0 Å². The third kappa shape index (κ3) is 6.04. The number of hydrogen-bond donors (Lipinski definition) is 2. The first-order valence-electron chi connectivity index (χ1n) is 9.80. The van der Waals surface area contributed by atoms with E-state index in [1.54, 1.807) is 11.3 Å². The van der Waals surface area contributed by atoms with Gasteiger partial charge in [-0.2, -0.15) is 0 Å². The fraction of sp³-hybridized carbons (Fsp3) is 0.524. The molecule has 0 radical (unpaired) electrons. The van der Waals surface area contributed by atoms with Crippen LogP contribution in [0.4, 0.5) is 0 Å². The zero-order valence-electron chi connectivity index (χ0n) is 16.6. The molecule has 2 aromatic rings. The van der Waals surface area contributed by atoms with Crippen molar-refractivity contribution in [1.29, 1.82) is 0 Å². The minimum atomic E-state index is 0.441. The Bertz CT molecular complexity index is 727. The van der Waals surface area contributed by atoms with Crippen LogP contribution in [0.5, 0.6) is 0 Å². The summed E-state index contributed by atoms with van der Waals surface area (Å²) in [5.41, 5.74) is 2.50. The number of rotatable bonds is 7. The molecular weight excluding hydrogens is 354 g/mol. The van der Waals surface area contributed by atoms with Crippen LogP contribution < -0.4 is 10.6 Å². The first-order valence-corrected chi connectivity index (χ1v) is 10.7. The Morgan fingerprint density at radius 2 is 2.15 bits per heavy atom. The Balaban J connectivity index is 1.40. The number of thiazole rings is 1. The molecule has 146 valence electrons. The Hall–Kier alpha value is -1.92. The average Bonchev–Trinajstić information content (AvgIpc) is 3.24. The van der Waals surface area contributed by atoms with Gasteiger partial charge in [-0.3, -0.25) is 9.89 Å². The zero-order chi connectivity index (χ0) is 19.1. The molecule has 0 saturated carbocycles. The van der Waals surface area contributed by atoms with E-state index in [0.717, 1.165) is 50.6 Å². The van der Waals surface area contributed by atoms with Crippen LogP contribution in [0.2, 0.25) is 0 Å². The second kappa shape index (κ2) is 9.85. The summed E-state index contributed by atoms with van der Waals surface area (Å²) < 4.78 is 0. The molecule has 5 nitrogen and oxygen atoms in total. The standard InChI is InChI=1S/C21H31N5S/c1-16-15-27-20(24-16)10-7-11-23-21(22-3)25-19-12-17(2)26(14-19)13-18-8-5-4-6-9-18/h4-6,8-9,15,17,19H,7,10-14H2,1-3H3,(H2,22,23,25). The van der Waals surface area contributed by atoms with Crippen molar-refractivity contribution in [3.63, 3.8) is 0 Å². The Kier molecular flexibility index (Phi) is 7.24. The maximum Gasteiger partial charge on any atom is 0.191 e. The van der Waals surface area contributed by atoms with Gasteiger partial charge in [0.05, 0.1) is 5.01 Å². The van der Waals surface area contributed by atoms with E-state index < -0.39 is 0 Å². The molecule has 6 heteroatoms. The summed E-state index contributed by atoms with van der Waals surface area (Å²) in [6.45, 7) is 7.34. The average molecular weight is 386 g/mol. The molecule has 0 bridgehead atoms. The Morgan fingerprint density at radius 1 is 1.33 bits per heavy atom. The van der Waals surface area contributed by atoms with Crippen molar-refractivity contribution in [1.82, 2.24) is 20.5 Å². The molecule has 1 saturated heterocycles. The zero-order valence-corrected chi connectivity index (χ0v) is 17.4. The lowest BCUT2D eigenvalue weighted by Crippen LogP contribution is -2.44. The van der Waals surface area contributed by atoms with Crippen molar-refractivity contribution in [2.45, 2.75) is 51.7 Å². The van der Waals surface area contributed by atoms with Crippen LogP contribution >= 0.6 is 11.3 Å². The molecule has 0 spiro atoms. The van der Waals surface area contributed by atoms with Gasteiger partial charge < -0.3 is 10.6 Å². The molecule has 1 aromatic heterocycles. The molecule has 1 aliphatic rings. The van der Waals surface area contributed by atoms with E-state index in [9.17, 15) is 0 Å². The number of aromatic nitrogens is 1. The third-order valence-electron chi connectivity index (χ3n) is 5.02. The van der Waals surface area contributed by atoms with Crippen LogP contribution in [-0.4, -0.2) is 48.1 Å². The highest BCUT2D eigenvalue weighted by molar-refractivity contribution is 7.09. The maximum atomic E-state index is 4.52.